The lowest BCUT2D eigenvalue weighted by molar-refractivity contribution is -0.137. The number of guanidine groups is 2. The van der Waals surface area contributed by atoms with E-state index in [9.17, 15) is 57.8 Å². The van der Waals surface area contributed by atoms with Crippen LogP contribution in [-0.2, 0) is 52.7 Å². The number of aliphatic hydroxyl groups excluding tert-OH is 1. The zero-order chi connectivity index (χ0) is 55.2. The number of rotatable bonds is 19. The van der Waals surface area contributed by atoms with Crippen molar-refractivity contribution in [3.8, 4) is 0 Å². The summed E-state index contributed by atoms with van der Waals surface area (Å²) >= 11 is 4.00. The van der Waals surface area contributed by atoms with Gasteiger partial charge in [0, 0.05) is 30.3 Å². The molecule has 0 spiro atoms. The average molecular weight is 1090 g/mol. The van der Waals surface area contributed by atoms with Crippen LogP contribution in [0.5, 0.6) is 0 Å². The second-order valence-electron chi connectivity index (χ2n) is 16.3. The predicted octanol–water partition coefficient (Wildman–Crippen LogP) is -9.34. The lowest BCUT2D eigenvalue weighted by atomic mass is 10.0. The van der Waals surface area contributed by atoms with Gasteiger partial charge in [-0.05, 0) is 58.4 Å². The number of thiol groups is 1. The van der Waals surface area contributed by atoms with Crippen LogP contribution in [0.25, 0.3) is 0 Å². The molecule has 1 rings (SSSR count). The summed E-state index contributed by atoms with van der Waals surface area (Å²) in [6.45, 7) is -0.171. The van der Waals surface area contributed by atoms with Gasteiger partial charge >= 0.3 is 0 Å². The molecule has 26 N–H and O–H groups in total. The first kappa shape index (κ1) is 64.7. The van der Waals surface area contributed by atoms with Crippen molar-refractivity contribution < 1.29 is 57.8 Å². The van der Waals surface area contributed by atoms with Crippen LogP contribution in [0.2, 0.25) is 0 Å². The van der Waals surface area contributed by atoms with Crippen LogP contribution in [0.1, 0.15) is 58.3 Å². The van der Waals surface area contributed by atoms with Gasteiger partial charge in [0.05, 0.1) is 31.7 Å². The first-order valence-corrected chi connectivity index (χ1v) is 25.9. The fourth-order valence-electron chi connectivity index (χ4n) is 6.28. The largest absolute Gasteiger partial charge is 0.391 e. The summed E-state index contributed by atoms with van der Waals surface area (Å²) in [7, 11) is 1.87. The Balaban J connectivity index is 3.82. The summed E-state index contributed by atoms with van der Waals surface area (Å²) < 4.78 is 0. The van der Waals surface area contributed by atoms with E-state index in [0.29, 0.717) is 6.42 Å². The van der Waals surface area contributed by atoms with Crippen LogP contribution >= 0.6 is 34.2 Å². The van der Waals surface area contributed by atoms with Gasteiger partial charge in [0.25, 0.3) is 0 Å². The molecule has 34 heteroatoms. The number of aliphatic hydroxyl groups is 1. The molecule has 9 atom stereocenters. The summed E-state index contributed by atoms with van der Waals surface area (Å²) in [6, 6.07) is -11.9. The van der Waals surface area contributed by atoms with Crippen LogP contribution in [0, 0.1) is 10.8 Å². The van der Waals surface area contributed by atoms with E-state index in [-0.39, 0.29) is 75.4 Å². The van der Waals surface area contributed by atoms with Gasteiger partial charge in [0.2, 0.25) is 65.0 Å². The minimum absolute atomic E-state index is 0.0227. The summed E-state index contributed by atoms with van der Waals surface area (Å²) in [5.74, 6) is -12.2. The lowest BCUT2D eigenvalue weighted by Crippen LogP contribution is -2.61. The molecule has 412 valence electrons. The van der Waals surface area contributed by atoms with Crippen LogP contribution in [0.4, 0.5) is 0 Å². The molecule has 9 unspecified atom stereocenters. The van der Waals surface area contributed by atoms with Gasteiger partial charge in [-0.25, -0.2) is 0 Å². The highest BCUT2D eigenvalue weighted by atomic mass is 33.1. The third kappa shape index (κ3) is 26.8. The van der Waals surface area contributed by atoms with E-state index in [1.807, 2.05) is 0 Å². The third-order valence-electron chi connectivity index (χ3n) is 10.2. The number of hydrogen-bond donors (Lipinski definition) is 21. The fourth-order valence-corrected chi connectivity index (χ4v) is 8.78. The molecule has 0 radical (unpaired) electrons. The van der Waals surface area contributed by atoms with E-state index in [1.54, 1.807) is 0 Å². The highest BCUT2D eigenvalue weighted by molar-refractivity contribution is 8.76. The van der Waals surface area contributed by atoms with Crippen molar-refractivity contribution in [3.05, 3.63) is 0 Å². The van der Waals surface area contributed by atoms with Crippen molar-refractivity contribution in [2.24, 2.45) is 34.4 Å². The molecule has 0 bridgehead atoms. The third-order valence-corrected chi connectivity index (χ3v) is 13.0. The number of carbonyl (C=O) groups is 11. The standard InChI is InChI=1S/C39H71N19O12S3/c1-18(59)29-37(70)56-20(7-4-10-48-38(44)45)32(65)50-14-28(62)53-24(30(43)63)16-72-73-17-25(57-31(64)19(41)15-71)33(66)51-13-27(61)52-23(12-26(42)60)36(69)55-21(6-2-3-9-40)34(67)54-22(35(68)58-29)8-5-11-49-39(46)47/h18-25,29,59,71H,2-17,40-41H2,1H3,(H2,42,60)(H2,43,63)(H,50,65)(H,51,66)(H,52,61)(H,53,62)(H,54,67)(H,55,69)(H,56,70)(H,57,64)(H,58,68)(H4,44,45,48)(H4,46,47,49). The van der Waals surface area contributed by atoms with Crippen LogP contribution in [0.15, 0.2) is 0 Å². The topological polar surface area (TPSA) is 544 Å². The van der Waals surface area contributed by atoms with Crippen LogP contribution < -0.4 is 92.9 Å². The first-order valence-electron chi connectivity index (χ1n) is 22.8. The smallest absolute Gasteiger partial charge is 0.245 e. The Morgan fingerprint density at radius 2 is 1.15 bits per heavy atom. The maximum Gasteiger partial charge on any atom is 0.245 e. The number of nitrogens with one attached hydrogen (secondary N) is 13. The van der Waals surface area contributed by atoms with Crippen LogP contribution in [0.3, 0.4) is 0 Å². The maximum atomic E-state index is 14.0. The van der Waals surface area contributed by atoms with Gasteiger partial charge in [-0.2, -0.15) is 12.6 Å². The van der Waals surface area contributed by atoms with Gasteiger partial charge in [-0.15, -0.1) is 0 Å². The molecule has 1 fully saturated rings. The number of amides is 11. The minimum atomic E-state index is -1.79. The van der Waals surface area contributed by atoms with E-state index < -0.39 is 151 Å². The molecule has 0 aliphatic carbocycles. The Morgan fingerprint density at radius 1 is 0.671 bits per heavy atom. The number of hydrogen-bond acceptors (Lipinski definition) is 19. The first-order chi connectivity index (χ1) is 34.4. The summed E-state index contributed by atoms with van der Waals surface area (Å²) in [6.07, 6.45) is -2.12. The normalized spacial score (nSPS) is 23.7. The Bertz CT molecular complexity index is 1960. The number of unbranched alkanes of at least 4 members (excludes halogenated alkanes) is 1. The molecule has 0 aromatic heterocycles. The molecule has 1 aliphatic heterocycles. The van der Waals surface area contributed by atoms with Gasteiger partial charge in [0.15, 0.2) is 11.9 Å². The Morgan fingerprint density at radius 3 is 1.66 bits per heavy atom. The monoisotopic (exact) mass is 1090 g/mol. The van der Waals surface area contributed by atoms with Crippen molar-refractivity contribution in [2.45, 2.75) is 113 Å². The lowest BCUT2D eigenvalue weighted by Gasteiger charge is -2.28. The maximum absolute atomic E-state index is 14.0. The second-order valence-corrected chi connectivity index (χ2v) is 19.2. The van der Waals surface area contributed by atoms with E-state index >= 15 is 0 Å². The molecule has 31 nitrogen and oxygen atoms in total. The van der Waals surface area contributed by atoms with Crippen molar-refractivity contribution >= 4 is 111 Å². The van der Waals surface area contributed by atoms with Crippen molar-refractivity contribution in [1.29, 1.82) is 10.8 Å². The highest BCUT2D eigenvalue weighted by Crippen LogP contribution is 2.23. The Kier molecular flexibility index (Phi) is 30.9. The van der Waals surface area contributed by atoms with Crippen LogP contribution in [-0.4, -0.2) is 186 Å². The molecule has 1 heterocycles. The molecule has 73 heavy (non-hydrogen) atoms. The number of carbonyl (C=O) groups excluding carboxylic acids is 11. The highest BCUT2D eigenvalue weighted by Gasteiger charge is 2.35. The summed E-state index contributed by atoms with van der Waals surface area (Å²) in [5.41, 5.74) is 33.2. The number of nitrogens with two attached hydrogens (primary N) is 6. The molecular formula is C39H71N19O12S3. The molecule has 11 amide bonds. The van der Waals surface area contributed by atoms with Crippen molar-refractivity contribution in [3.63, 3.8) is 0 Å². The summed E-state index contributed by atoms with van der Waals surface area (Å²) in [5, 5.41) is 52.2. The fraction of sp³-hybridized carbons (Fsp3) is 0.667. The Labute approximate surface area is 433 Å². The van der Waals surface area contributed by atoms with E-state index in [0.717, 1.165) is 28.5 Å². The van der Waals surface area contributed by atoms with Gasteiger partial charge < -0.3 is 98.0 Å². The number of primary amides is 2. The molecule has 0 saturated carbocycles. The molecule has 1 aliphatic rings. The van der Waals surface area contributed by atoms with Gasteiger partial charge in [0.1, 0.15) is 42.3 Å². The quantitative estimate of drug-likeness (QED) is 0.0188. The minimum Gasteiger partial charge on any atom is -0.391 e. The zero-order valence-electron chi connectivity index (χ0n) is 40.2. The van der Waals surface area contributed by atoms with Crippen molar-refractivity contribution in [1.82, 2.24) is 58.5 Å². The average Bonchev–Trinajstić information content (AvgIpc) is 3.32. The molecule has 0 aromatic rings. The van der Waals surface area contributed by atoms with E-state index in [1.165, 1.54) is 0 Å². The molecular weight excluding hydrogens is 1020 g/mol. The van der Waals surface area contributed by atoms with Gasteiger partial charge in [-0.1, -0.05) is 21.6 Å². The Hall–Kier alpha value is -6.36. The second kappa shape index (κ2) is 34.9. The van der Waals surface area contributed by atoms with Crippen molar-refractivity contribution in [2.75, 3.05) is 50.0 Å². The SMILES string of the molecule is CC(O)C1NC(=O)C(CCCNC(=N)N)NC(=O)C(CCCCN)NC(=O)C(CC(N)=O)NC(=O)CNC(=O)C(NC(=O)C(N)CS)CSSCC(C(N)=O)NC(=O)CNC(=O)C(CCCNC(=N)N)NC1=O. The van der Waals surface area contributed by atoms with Gasteiger partial charge in [-0.3, -0.25) is 63.6 Å². The zero-order valence-corrected chi connectivity index (χ0v) is 42.7. The van der Waals surface area contributed by atoms with E-state index in [4.69, 9.17) is 45.2 Å². The summed E-state index contributed by atoms with van der Waals surface area (Å²) in [4.78, 5) is 146. The van der Waals surface area contributed by atoms with E-state index in [2.05, 4.69) is 71.1 Å². The molecule has 1 saturated heterocycles. The predicted molar refractivity (Wildman–Crippen MR) is 272 cm³/mol. The molecule has 0 aromatic carbocycles.